The number of carbonyl (C=O) groups is 1. The minimum Gasteiger partial charge on any atom is -0.349 e. The first-order valence-electron chi connectivity index (χ1n) is 6.79. The van der Waals surface area contributed by atoms with E-state index in [4.69, 9.17) is 11.6 Å². The number of pyridine rings is 1. The molecule has 1 N–H and O–H groups in total. The maximum atomic E-state index is 12.8. The monoisotopic (exact) mass is 323 g/mol. The van der Waals surface area contributed by atoms with Crippen molar-refractivity contribution < 1.29 is 4.79 Å². The van der Waals surface area contributed by atoms with Gasteiger partial charge in [0, 0.05) is 6.42 Å². The van der Waals surface area contributed by atoms with Crippen LogP contribution in [0.1, 0.15) is 36.2 Å². The number of aromatic nitrogens is 1. The van der Waals surface area contributed by atoms with Crippen molar-refractivity contribution in [1.82, 2.24) is 4.98 Å². The van der Waals surface area contributed by atoms with Gasteiger partial charge in [-0.3, -0.25) is 9.59 Å². The van der Waals surface area contributed by atoms with Gasteiger partial charge >= 0.3 is 0 Å². The Bertz CT molecular complexity index is 765. The van der Waals surface area contributed by atoms with Crippen LogP contribution in [0.3, 0.4) is 0 Å². The van der Waals surface area contributed by atoms with Crippen molar-refractivity contribution in [2.24, 2.45) is 5.92 Å². The predicted octanol–water partition coefficient (Wildman–Crippen LogP) is 4.44. The van der Waals surface area contributed by atoms with Gasteiger partial charge in [-0.1, -0.05) is 31.5 Å². The summed E-state index contributed by atoms with van der Waals surface area (Å²) in [4.78, 5) is 28.4. The summed E-state index contributed by atoms with van der Waals surface area (Å²) in [6, 6.07) is 3.56. The lowest BCUT2D eigenvalue weighted by atomic mass is 10.00. The van der Waals surface area contributed by atoms with Crippen LogP contribution in [0.2, 0.25) is 5.02 Å². The summed E-state index contributed by atoms with van der Waals surface area (Å²) < 4.78 is 0. The number of benzene rings is 1. The molecule has 0 unspecified atom stereocenters. The number of fused-ring (bicyclic) bond motifs is 1. The normalized spacial score (nSPS) is 11.3. The highest BCUT2D eigenvalue weighted by Gasteiger charge is 2.21. The predicted molar refractivity (Wildman–Crippen MR) is 89.9 cm³/mol. The van der Waals surface area contributed by atoms with Gasteiger partial charge in [0.1, 0.15) is 0 Å². The highest BCUT2D eigenvalue weighted by atomic mass is 35.5. The van der Waals surface area contributed by atoms with Gasteiger partial charge in [-0.2, -0.15) is 0 Å². The average Bonchev–Trinajstić information content (AvgIpc) is 2.41. The molecule has 112 valence electrons. The molecule has 0 saturated heterocycles. The number of hydrogen-bond acceptors (Lipinski definition) is 3. The molecule has 1 aromatic carbocycles. The zero-order valence-electron chi connectivity index (χ0n) is 12.5. The summed E-state index contributed by atoms with van der Waals surface area (Å²) in [6.45, 7) is 5.83. The zero-order chi connectivity index (χ0) is 15.7. The Labute approximate surface area is 133 Å². The fourth-order valence-corrected chi connectivity index (χ4v) is 3.21. The maximum absolute atomic E-state index is 12.8. The average molecular weight is 324 g/mol. The second kappa shape index (κ2) is 6.24. The third-order valence-corrected chi connectivity index (χ3v) is 4.39. The van der Waals surface area contributed by atoms with Crippen molar-refractivity contribution >= 4 is 40.0 Å². The molecule has 0 amide bonds. The second-order valence-corrected chi connectivity index (χ2v) is 6.72. The Morgan fingerprint density at radius 2 is 2.05 bits per heavy atom. The molecule has 0 fully saturated rings. The number of aromatic amines is 1. The van der Waals surface area contributed by atoms with E-state index in [1.165, 1.54) is 11.8 Å². The van der Waals surface area contributed by atoms with E-state index in [-0.39, 0.29) is 22.7 Å². The molecule has 0 bridgehead atoms. The molecule has 0 saturated carbocycles. The van der Waals surface area contributed by atoms with Crippen LogP contribution in [0.5, 0.6) is 0 Å². The van der Waals surface area contributed by atoms with Crippen molar-refractivity contribution in [3.8, 4) is 0 Å². The first-order chi connectivity index (χ1) is 9.86. The van der Waals surface area contributed by atoms with E-state index in [2.05, 4.69) is 4.98 Å². The standard InChI is InChI=1S/C16H18ClNO2S/c1-8(2)7-11(19)13-15(20)12-10(17)6-5-9(3)14(12)18-16(13)21-4/h5-6,8H,7H2,1-4H3,(H,18,20). The molecule has 2 rings (SSSR count). The van der Waals surface area contributed by atoms with Gasteiger partial charge in [0.2, 0.25) is 5.43 Å². The van der Waals surface area contributed by atoms with Crippen molar-refractivity contribution in [2.75, 3.05) is 6.26 Å². The molecule has 0 radical (unpaired) electrons. The maximum Gasteiger partial charge on any atom is 0.202 e. The number of Topliss-reactive ketones (excluding diaryl/α,β-unsaturated/α-hetero) is 1. The number of H-pyrrole nitrogens is 1. The van der Waals surface area contributed by atoms with Crippen LogP contribution < -0.4 is 5.43 Å². The quantitative estimate of drug-likeness (QED) is 0.668. The van der Waals surface area contributed by atoms with Crippen LogP contribution in [-0.2, 0) is 0 Å². The first kappa shape index (κ1) is 16.1. The zero-order valence-corrected chi connectivity index (χ0v) is 14.1. The molecule has 0 aliphatic carbocycles. The Morgan fingerprint density at radius 3 is 2.62 bits per heavy atom. The Morgan fingerprint density at radius 1 is 1.38 bits per heavy atom. The number of nitrogens with one attached hydrogen (secondary N) is 1. The van der Waals surface area contributed by atoms with Crippen molar-refractivity contribution in [1.29, 1.82) is 0 Å². The minimum absolute atomic E-state index is 0.130. The van der Waals surface area contributed by atoms with Crippen LogP contribution in [0.25, 0.3) is 10.9 Å². The third kappa shape index (κ3) is 3.01. The summed E-state index contributed by atoms with van der Waals surface area (Å²) in [5.74, 6) is 0.0744. The molecule has 3 nitrogen and oxygen atoms in total. The number of thioether (sulfide) groups is 1. The van der Waals surface area contributed by atoms with Crippen LogP contribution in [0.4, 0.5) is 0 Å². The minimum atomic E-state index is -0.271. The van der Waals surface area contributed by atoms with E-state index >= 15 is 0 Å². The Kier molecular flexibility index (Phi) is 4.79. The molecular formula is C16H18ClNO2S. The third-order valence-electron chi connectivity index (χ3n) is 3.36. The lowest BCUT2D eigenvalue weighted by Crippen LogP contribution is -2.20. The van der Waals surface area contributed by atoms with E-state index in [0.29, 0.717) is 27.4 Å². The van der Waals surface area contributed by atoms with Crippen LogP contribution in [0, 0.1) is 12.8 Å². The molecule has 21 heavy (non-hydrogen) atoms. The summed E-state index contributed by atoms with van der Waals surface area (Å²) >= 11 is 7.55. The number of halogens is 1. The van der Waals surface area contributed by atoms with Crippen LogP contribution in [-0.4, -0.2) is 17.0 Å². The number of ketones is 1. The van der Waals surface area contributed by atoms with E-state index in [0.717, 1.165) is 5.56 Å². The fraction of sp³-hybridized carbons (Fsp3) is 0.375. The topological polar surface area (TPSA) is 49.9 Å². The van der Waals surface area contributed by atoms with E-state index in [9.17, 15) is 9.59 Å². The molecule has 1 aromatic heterocycles. The van der Waals surface area contributed by atoms with Crippen LogP contribution in [0.15, 0.2) is 22.0 Å². The highest BCUT2D eigenvalue weighted by molar-refractivity contribution is 7.98. The molecule has 0 spiro atoms. The van der Waals surface area contributed by atoms with E-state index in [1.807, 2.05) is 33.1 Å². The molecule has 0 aliphatic heterocycles. The molecule has 2 aromatic rings. The Balaban J connectivity index is 2.82. The van der Waals surface area contributed by atoms with E-state index < -0.39 is 0 Å². The summed E-state index contributed by atoms with van der Waals surface area (Å²) in [5, 5.41) is 1.40. The number of aryl methyl sites for hydroxylation is 1. The molecule has 0 atom stereocenters. The van der Waals surface area contributed by atoms with Gasteiger partial charge in [-0.05, 0) is 30.7 Å². The molecule has 1 heterocycles. The van der Waals surface area contributed by atoms with Gasteiger partial charge < -0.3 is 4.98 Å². The summed E-state index contributed by atoms with van der Waals surface area (Å²) in [6.07, 6.45) is 2.20. The summed E-state index contributed by atoms with van der Waals surface area (Å²) in [5.41, 5.74) is 1.60. The second-order valence-electron chi connectivity index (χ2n) is 5.50. The number of rotatable bonds is 4. The van der Waals surface area contributed by atoms with Gasteiger partial charge in [-0.25, -0.2) is 0 Å². The van der Waals surface area contributed by atoms with Gasteiger partial charge in [-0.15, -0.1) is 11.8 Å². The highest BCUT2D eigenvalue weighted by Crippen LogP contribution is 2.27. The summed E-state index contributed by atoms with van der Waals surface area (Å²) in [7, 11) is 0. The lowest BCUT2D eigenvalue weighted by molar-refractivity contribution is 0.0963. The van der Waals surface area contributed by atoms with Gasteiger partial charge in [0.15, 0.2) is 5.78 Å². The largest absolute Gasteiger partial charge is 0.349 e. The van der Waals surface area contributed by atoms with Crippen LogP contribution >= 0.6 is 23.4 Å². The first-order valence-corrected chi connectivity index (χ1v) is 8.39. The number of hydrogen-bond donors (Lipinski definition) is 1. The lowest BCUT2D eigenvalue weighted by Gasteiger charge is -2.12. The van der Waals surface area contributed by atoms with Gasteiger partial charge in [0.25, 0.3) is 0 Å². The van der Waals surface area contributed by atoms with Crippen molar-refractivity contribution in [3.05, 3.63) is 38.5 Å². The molecule has 0 aliphatic rings. The van der Waals surface area contributed by atoms with Crippen molar-refractivity contribution in [2.45, 2.75) is 32.2 Å². The van der Waals surface area contributed by atoms with Gasteiger partial charge in [0.05, 0.1) is 26.5 Å². The SMILES string of the molecule is CSc1[nH]c2c(C)ccc(Cl)c2c(=O)c1C(=O)CC(C)C. The van der Waals surface area contributed by atoms with E-state index in [1.54, 1.807) is 6.07 Å². The Hall–Kier alpha value is -1.26. The van der Waals surface area contributed by atoms with Crippen molar-refractivity contribution in [3.63, 3.8) is 0 Å². The fourth-order valence-electron chi connectivity index (χ4n) is 2.35. The number of carbonyl (C=O) groups excluding carboxylic acids is 1. The molecular weight excluding hydrogens is 306 g/mol. The smallest absolute Gasteiger partial charge is 0.202 e. The molecule has 5 heteroatoms.